The molecule has 0 aromatic heterocycles. The van der Waals surface area contributed by atoms with Gasteiger partial charge in [-0.25, -0.2) is 0 Å². The van der Waals surface area contributed by atoms with Crippen molar-refractivity contribution < 1.29 is 43.2 Å². The summed E-state index contributed by atoms with van der Waals surface area (Å²) < 4.78 is 21.1. The number of rotatable bonds is 6. The Morgan fingerprint density at radius 2 is 1.34 bits per heavy atom. The van der Waals surface area contributed by atoms with Crippen LogP contribution in [0.2, 0.25) is 0 Å². The fourth-order valence-electron chi connectivity index (χ4n) is 4.01. The lowest BCUT2D eigenvalue weighted by Crippen LogP contribution is -2.42. The van der Waals surface area contributed by atoms with E-state index in [1.54, 1.807) is 0 Å². The van der Waals surface area contributed by atoms with Crippen LogP contribution in [0.1, 0.15) is 59.3 Å². The fourth-order valence-corrected chi connectivity index (χ4v) is 4.01. The van der Waals surface area contributed by atoms with E-state index in [2.05, 4.69) is 0 Å². The first-order chi connectivity index (χ1) is 13.7. The Morgan fingerprint density at radius 1 is 0.759 bits per heavy atom. The maximum atomic E-state index is 12.4. The molecule has 6 atom stereocenters. The highest BCUT2D eigenvalue weighted by atomic mass is 16.6. The Balaban J connectivity index is 1.85. The standard InChI is InChI=1S/C20H30O9/c1-11(21)27-17-7-4-14(8-19(17)29-13(3)23)10-26-20(25)15-5-6-16(24)18(9-15)28-12(2)22/h14-19,24H,4-10H2,1-3H3. The molecule has 0 aromatic carbocycles. The highest BCUT2D eigenvalue weighted by molar-refractivity contribution is 5.73. The molecule has 6 unspecified atom stereocenters. The molecule has 9 nitrogen and oxygen atoms in total. The van der Waals surface area contributed by atoms with Crippen LogP contribution in [0, 0.1) is 11.8 Å². The first kappa shape index (κ1) is 23.1. The summed E-state index contributed by atoms with van der Waals surface area (Å²) in [5.41, 5.74) is 0. The summed E-state index contributed by atoms with van der Waals surface area (Å²) in [6, 6.07) is 0. The van der Waals surface area contributed by atoms with Gasteiger partial charge in [0.2, 0.25) is 0 Å². The van der Waals surface area contributed by atoms with Crippen molar-refractivity contribution in [3.8, 4) is 0 Å². The molecule has 9 heteroatoms. The average Bonchev–Trinajstić information content (AvgIpc) is 2.62. The van der Waals surface area contributed by atoms with Crippen LogP contribution in [-0.2, 0) is 38.1 Å². The van der Waals surface area contributed by atoms with Gasteiger partial charge in [-0.3, -0.25) is 19.2 Å². The van der Waals surface area contributed by atoms with Crippen molar-refractivity contribution in [2.75, 3.05) is 6.61 Å². The minimum atomic E-state index is -0.774. The van der Waals surface area contributed by atoms with Crippen molar-refractivity contribution in [2.45, 2.75) is 83.7 Å². The normalized spacial score (nSPS) is 32.0. The van der Waals surface area contributed by atoms with Crippen LogP contribution >= 0.6 is 0 Å². The quantitative estimate of drug-likeness (QED) is 0.505. The molecule has 0 spiro atoms. The van der Waals surface area contributed by atoms with Crippen LogP contribution in [0.25, 0.3) is 0 Å². The summed E-state index contributed by atoms with van der Waals surface area (Å²) in [7, 11) is 0. The van der Waals surface area contributed by atoms with E-state index in [1.807, 2.05) is 0 Å². The third-order valence-electron chi connectivity index (χ3n) is 5.34. The first-order valence-corrected chi connectivity index (χ1v) is 10.0. The van der Waals surface area contributed by atoms with Crippen LogP contribution in [0.15, 0.2) is 0 Å². The first-order valence-electron chi connectivity index (χ1n) is 10.0. The Hall–Kier alpha value is -2.16. The molecule has 0 bridgehead atoms. The lowest BCUT2D eigenvalue weighted by molar-refractivity contribution is -0.173. The average molecular weight is 414 g/mol. The van der Waals surface area contributed by atoms with E-state index in [0.29, 0.717) is 32.1 Å². The van der Waals surface area contributed by atoms with Gasteiger partial charge in [-0.05, 0) is 38.0 Å². The second-order valence-corrected chi connectivity index (χ2v) is 7.83. The minimum Gasteiger partial charge on any atom is -0.465 e. The lowest BCUT2D eigenvalue weighted by atomic mass is 9.84. The van der Waals surface area contributed by atoms with E-state index < -0.39 is 48.2 Å². The summed E-state index contributed by atoms with van der Waals surface area (Å²) in [6.07, 6.45) is 0.146. The van der Waals surface area contributed by atoms with Crippen molar-refractivity contribution in [1.82, 2.24) is 0 Å². The van der Waals surface area contributed by atoms with E-state index >= 15 is 0 Å². The molecule has 0 heterocycles. The number of hydrogen-bond donors (Lipinski definition) is 1. The molecule has 0 saturated heterocycles. The molecule has 2 rings (SSSR count). The van der Waals surface area contributed by atoms with Crippen LogP contribution in [0.5, 0.6) is 0 Å². The summed E-state index contributed by atoms with van der Waals surface area (Å²) >= 11 is 0. The van der Waals surface area contributed by atoms with Crippen molar-refractivity contribution in [3.63, 3.8) is 0 Å². The molecule has 0 amide bonds. The second-order valence-electron chi connectivity index (χ2n) is 7.83. The molecule has 2 aliphatic carbocycles. The summed E-state index contributed by atoms with van der Waals surface area (Å²) in [4.78, 5) is 46.2. The van der Waals surface area contributed by atoms with Gasteiger partial charge in [0, 0.05) is 27.2 Å². The smallest absolute Gasteiger partial charge is 0.309 e. The molecule has 2 fully saturated rings. The van der Waals surface area contributed by atoms with E-state index in [0.717, 1.165) is 0 Å². The highest BCUT2D eigenvalue weighted by Crippen LogP contribution is 2.31. The van der Waals surface area contributed by atoms with Crippen molar-refractivity contribution >= 4 is 23.9 Å². The molecule has 2 aliphatic rings. The second kappa shape index (κ2) is 10.6. The van der Waals surface area contributed by atoms with Gasteiger partial charge in [-0.1, -0.05) is 0 Å². The van der Waals surface area contributed by atoms with E-state index in [1.165, 1.54) is 20.8 Å². The van der Waals surface area contributed by atoms with E-state index in [9.17, 15) is 24.3 Å². The molecule has 0 aromatic rings. The van der Waals surface area contributed by atoms with E-state index in [-0.39, 0.29) is 24.9 Å². The number of aliphatic hydroxyl groups excluding tert-OH is 1. The van der Waals surface area contributed by atoms with Crippen molar-refractivity contribution in [1.29, 1.82) is 0 Å². The molecule has 2 saturated carbocycles. The zero-order valence-electron chi connectivity index (χ0n) is 17.1. The van der Waals surface area contributed by atoms with Gasteiger partial charge in [-0.15, -0.1) is 0 Å². The highest BCUT2D eigenvalue weighted by Gasteiger charge is 2.38. The molecule has 0 radical (unpaired) electrons. The van der Waals surface area contributed by atoms with E-state index in [4.69, 9.17) is 18.9 Å². The number of carbonyl (C=O) groups excluding carboxylic acids is 4. The Kier molecular flexibility index (Phi) is 8.43. The number of hydrogen-bond acceptors (Lipinski definition) is 9. The third-order valence-corrected chi connectivity index (χ3v) is 5.34. The minimum absolute atomic E-state index is 0.0199. The number of aliphatic hydroxyl groups is 1. The van der Waals surface area contributed by atoms with Crippen LogP contribution in [0.3, 0.4) is 0 Å². The molecule has 164 valence electrons. The monoisotopic (exact) mass is 414 g/mol. The van der Waals surface area contributed by atoms with Crippen molar-refractivity contribution in [3.05, 3.63) is 0 Å². The van der Waals surface area contributed by atoms with Crippen LogP contribution in [-0.4, -0.2) is 60.0 Å². The predicted molar refractivity (Wildman–Crippen MR) is 98.3 cm³/mol. The summed E-state index contributed by atoms with van der Waals surface area (Å²) in [5.74, 6) is -2.23. The van der Waals surface area contributed by atoms with Crippen LogP contribution in [0.4, 0.5) is 0 Å². The van der Waals surface area contributed by atoms with Gasteiger partial charge < -0.3 is 24.1 Å². The molecule has 29 heavy (non-hydrogen) atoms. The number of esters is 4. The van der Waals surface area contributed by atoms with Gasteiger partial charge in [-0.2, -0.15) is 0 Å². The molecular weight excluding hydrogens is 384 g/mol. The van der Waals surface area contributed by atoms with Gasteiger partial charge in [0.05, 0.1) is 18.6 Å². The number of carbonyl (C=O) groups is 4. The van der Waals surface area contributed by atoms with Gasteiger partial charge in [0.15, 0.2) is 0 Å². The van der Waals surface area contributed by atoms with Crippen molar-refractivity contribution in [2.24, 2.45) is 11.8 Å². The SMILES string of the molecule is CC(=O)OC1CC(C(=O)OCC2CCC(OC(C)=O)C(OC(C)=O)C2)CCC1O. The largest absolute Gasteiger partial charge is 0.465 e. The zero-order chi connectivity index (χ0) is 21.6. The summed E-state index contributed by atoms with van der Waals surface area (Å²) in [5, 5.41) is 9.93. The maximum absolute atomic E-state index is 12.4. The number of ether oxygens (including phenoxy) is 4. The summed E-state index contributed by atoms with van der Waals surface area (Å²) in [6.45, 7) is 4.04. The molecule has 0 aliphatic heterocycles. The Labute approximate surface area is 170 Å². The molecule has 1 N–H and O–H groups in total. The lowest BCUT2D eigenvalue weighted by Gasteiger charge is -2.35. The zero-order valence-corrected chi connectivity index (χ0v) is 17.1. The van der Waals surface area contributed by atoms with Gasteiger partial charge >= 0.3 is 23.9 Å². The Morgan fingerprint density at radius 3 is 1.97 bits per heavy atom. The Bertz CT molecular complexity index is 617. The third kappa shape index (κ3) is 7.30. The fraction of sp³-hybridized carbons (Fsp3) is 0.800. The predicted octanol–water partition coefficient (Wildman–Crippen LogP) is 1.29. The molecular formula is C20H30O9. The van der Waals surface area contributed by atoms with Gasteiger partial charge in [0.1, 0.15) is 18.3 Å². The maximum Gasteiger partial charge on any atom is 0.309 e. The topological polar surface area (TPSA) is 125 Å². The van der Waals surface area contributed by atoms with Gasteiger partial charge in [0.25, 0.3) is 0 Å². The van der Waals surface area contributed by atoms with Crippen LogP contribution < -0.4 is 0 Å².